The first-order valence-corrected chi connectivity index (χ1v) is 21.6. The summed E-state index contributed by atoms with van der Waals surface area (Å²) in [6, 6.07) is 12.5. The maximum Gasteiger partial charge on any atom is 0.412 e. The lowest BCUT2D eigenvalue weighted by Crippen LogP contribution is -2.55. The van der Waals surface area contributed by atoms with Crippen LogP contribution >= 0.6 is 43.4 Å². The lowest BCUT2D eigenvalue weighted by Gasteiger charge is -2.30. The van der Waals surface area contributed by atoms with E-state index in [1.54, 1.807) is 38.1 Å². The molecule has 6 N–H and O–H groups in total. The first-order chi connectivity index (χ1) is 28.7. The minimum Gasteiger partial charge on any atom is -0.469 e. The minimum atomic E-state index is -2.92. The zero-order chi connectivity index (χ0) is 42.2. The molecular weight excluding hydrogens is 858 g/mol. The van der Waals surface area contributed by atoms with Crippen LogP contribution in [0.5, 0.6) is 5.75 Å². The van der Waals surface area contributed by atoms with Gasteiger partial charge in [0.1, 0.15) is 28.8 Å². The SMILES string of the molecule is CCC(O)(CC)C(=O)N[C@H]1Cc2ccc3c(c2)C24c5cc(Cl)cc(c5NC2O3)-c2cccc3c2c(c(Cl)n3OP(O)O)-c2oc(nc2Cl)-c2nc(oc24)C(C(C)C)NC1=O. The molecule has 4 aliphatic heterocycles. The number of nitrogens with zero attached hydrogens (tertiary/aromatic N) is 3. The Labute approximate surface area is 357 Å². The second kappa shape index (κ2) is 13.8. The predicted molar refractivity (Wildman–Crippen MR) is 223 cm³/mol. The Bertz CT molecular complexity index is 2820. The van der Waals surface area contributed by atoms with Gasteiger partial charge in [0.15, 0.2) is 33.7 Å². The third-order valence-electron chi connectivity index (χ3n) is 12.2. The van der Waals surface area contributed by atoms with E-state index in [0.717, 1.165) is 4.73 Å². The zero-order valence-electron chi connectivity index (χ0n) is 32.3. The van der Waals surface area contributed by atoms with Gasteiger partial charge in [-0.2, -0.15) is 9.71 Å². The first-order valence-electron chi connectivity index (χ1n) is 19.3. The topological polar surface area (TPSA) is 206 Å². The van der Waals surface area contributed by atoms with Crippen molar-refractivity contribution < 1.29 is 42.7 Å². The number of aliphatic hydroxyl groups is 1. The summed E-state index contributed by atoms with van der Waals surface area (Å²) in [5, 5.41) is 21.4. The lowest BCUT2D eigenvalue weighted by molar-refractivity contribution is -0.143. The zero-order valence-corrected chi connectivity index (χ0v) is 35.4. The number of carbonyl (C=O) groups is 2. The molecule has 2 amide bonds. The summed E-state index contributed by atoms with van der Waals surface area (Å²) >= 11 is 21.2. The molecule has 0 fully saturated rings. The summed E-state index contributed by atoms with van der Waals surface area (Å²) in [6.45, 7) is 7.21. The summed E-state index contributed by atoms with van der Waals surface area (Å²) in [6.07, 6.45) is -0.500. The van der Waals surface area contributed by atoms with Gasteiger partial charge < -0.3 is 49.0 Å². The number of halogens is 3. The Morgan fingerprint density at radius 3 is 2.58 bits per heavy atom. The highest BCUT2D eigenvalue weighted by Crippen LogP contribution is 2.62. The molecule has 3 aromatic carbocycles. The maximum atomic E-state index is 14.4. The van der Waals surface area contributed by atoms with Crippen molar-refractivity contribution in [3.63, 3.8) is 0 Å². The molecule has 4 atom stereocenters. The number of aromatic nitrogens is 3. The fraction of sp³-hybridized carbons (Fsp3) is 0.317. The average Bonchev–Trinajstić information content (AvgIpc) is 4.01. The van der Waals surface area contributed by atoms with E-state index in [-0.39, 0.29) is 70.0 Å². The van der Waals surface area contributed by atoms with Crippen LogP contribution in [0.1, 0.15) is 74.9 Å². The number of amides is 2. The third-order valence-corrected chi connectivity index (χ3v) is 13.3. The highest BCUT2D eigenvalue weighted by molar-refractivity contribution is 7.39. The number of rotatable bonds is 7. The third kappa shape index (κ3) is 5.50. The van der Waals surface area contributed by atoms with Crippen molar-refractivity contribution >= 4 is 71.8 Å². The fourth-order valence-corrected chi connectivity index (χ4v) is 10.2. The lowest BCUT2D eigenvalue weighted by atomic mass is 9.72. The van der Waals surface area contributed by atoms with Gasteiger partial charge in [-0.05, 0) is 54.2 Å². The van der Waals surface area contributed by atoms with Gasteiger partial charge in [-0.3, -0.25) is 9.59 Å². The van der Waals surface area contributed by atoms with Gasteiger partial charge in [0.05, 0.1) is 11.1 Å². The van der Waals surface area contributed by atoms with E-state index < -0.39 is 49.7 Å². The van der Waals surface area contributed by atoms with Crippen LogP contribution in [-0.2, 0) is 21.4 Å². The molecule has 310 valence electrons. The van der Waals surface area contributed by atoms with Gasteiger partial charge in [0, 0.05) is 39.2 Å². The number of anilines is 1. The minimum absolute atomic E-state index is 0.0315. The van der Waals surface area contributed by atoms with Crippen molar-refractivity contribution in [3.8, 4) is 39.8 Å². The van der Waals surface area contributed by atoms with Gasteiger partial charge >= 0.3 is 8.60 Å². The van der Waals surface area contributed by atoms with Gasteiger partial charge in [-0.1, -0.05) is 86.8 Å². The van der Waals surface area contributed by atoms with Crippen molar-refractivity contribution in [2.75, 3.05) is 5.32 Å². The number of hydrogen-bond donors (Lipinski definition) is 6. The van der Waals surface area contributed by atoms with Crippen LogP contribution in [0.2, 0.25) is 15.3 Å². The number of oxazole rings is 2. The molecular formula is C41H36Cl3N6O9P. The molecule has 0 aliphatic carbocycles. The molecule has 3 aromatic heterocycles. The van der Waals surface area contributed by atoms with Crippen LogP contribution in [0.25, 0.3) is 44.9 Å². The molecule has 10 bridgehead atoms. The first kappa shape index (κ1) is 39.3. The largest absolute Gasteiger partial charge is 0.469 e. The number of hydrogen-bond acceptors (Lipinski definition) is 12. The van der Waals surface area contributed by atoms with E-state index in [1.165, 1.54) is 0 Å². The van der Waals surface area contributed by atoms with Gasteiger partial charge in [-0.25, -0.2) is 4.98 Å². The molecule has 60 heavy (non-hydrogen) atoms. The summed E-state index contributed by atoms with van der Waals surface area (Å²) in [4.78, 5) is 57.8. The maximum absolute atomic E-state index is 14.4. The molecule has 3 unspecified atom stereocenters. The summed E-state index contributed by atoms with van der Waals surface area (Å²) in [5.74, 6) is -0.620. The van der Waals surface area contributed by atoms with Gasteiger partial charge in [0.2, 0.25) is 11.8 Å². The quantitative estimate of drug-likeness (QED) is 0.0867. The molecule has 6 aromatic rings. The summed E-state index contributed by atoms with van der Waals surface area (Å²) < 4.78 is 26.9. The predicted octanol–water partition coefficient (Wildman–Crippen LogP) is 7.42. The van der Waals surface area contributed by atoms with E-state index >= 15 is 0 Å². The van der Waals surface area contributed by atoms with Crippen molar-refractivity contribution in [1.29, 1.82) is 0 Å². The molecule has 7 heterocycles. The van der Waals surface area contributed by atoms with Crippen LogP contribution in [0, 0.1) is 5.92 Å². The molecule has 1 spiro atoms. The van der Waals surface area contributed by atoms with Crippen LogP contribution in [0.4, 0.5) is 5.69 Å². The molecule has 0 saturated carbocycles. The van der Waals surface area contributed by atoms with Crippen molar-refractivity contribution in [1.82, 2.24) is 25.3 Å². The Balaban J connectivity index is 1.31. The second-order valence-electron chi connectivity index (χ2n) is 15.7. The van der Waals surface area contributed by atoms with E-state index in [0.29, 0.717) is 55.2 Å². The number of ether oxygens (including phenoxy) is 1. The molecule has 19 heteroatoms. The van der Waals surface area contributed by atoms with Crippen LogP contribution in [0.15, 0.2) is 57.4 Å². The number of fused-ring (bicyclic) bond motifs is 7. The highest BCUT2D eigenvalue weighted by atomic mass is 35.5. The number of benzene rings is 3. The van der Waals surface area contributed by atoms with E-state index in [1.807, 2.05) is 38.1 Å². The van der Waals surface area contributed by atoms with Gasteiger partial charge in [-0.15, -0.1) is 0 Å². The molecule has 0 radical (unpaired) electrons. The van der Waals surface area contributed by atoms with Crippen LogP contribution in [-0.4, -0.2) is 59.3 Å². The van der Waals surface area contributed by atoms with Crippen molar-refractivity contribution in [2.24, 2.45) is 5.92 Å². The van der Waals surface area contributed by atoms with Crippen molar-refractivity contribution in [2.45, 2.75) is 76.3 Å². The molecule has 10 rings (SSSR count). The molecule has 15 nitrogen and oxygen atoms in total. The fourth-order valence-electron chi connectivity index (χ4n) is 9.06. The molecule has 0 saturated heterocycles. The Morgan fingerprint density at radius 2 is 1.85 bits per heavy atom. The molecule has 4 aliphatic rings. The summed E-state index contributed by atoms with van der Waals surface area (Å²) in [7, 11) is -2.92. The number of nitrogens with one attached hydrogen (secondary N) is 3. The number of carbonyl (C=O) groups excluding carboxylic acids is 2. The normalized spacial score (nSPS) is 20.9. The van der Waals surface area contributed by atoms with Gasteiger partial charge in [0.25, 0.3) is 11.8 Å². The standard InChI is InChI=1S/C41H36Cl3N6O9P/c1-5-40(53,6-2)38(52)45-23-13-17-10-11-25-21(12-17)41-22-15-18(42)14-20(29(22)48-39(41)56-25)19-8-7-9-24-26(19)27(34(44)50(24)59-60(54)55)31-33(43)49-37(57-31)30-32(41)58-36(47-30)28(16(3)4)46-35(23)51/h7-12,14-16,23,28,39,48,53-55H,5-6,13H2,1-4H3,(H,45,52)(H,46,51)/t23-,28?,39?,41?/m0/s1. The van der Waals surface area contributed by atoms with Crippen LogP contribution < -0.4 is 25.3 Å². The highest BCUT2D eigenvalue weighted by Gasteiger charge is 2.62. The Kier molecular flexibility index (Phi) is 9.06. The van der Waals surface area contributed by atoms with E-state index in [9.17, 15) is 24.5 Å². The summed E-state index contributed by atoms with van der Waals surface area (Å²) in [5.41, 5.74) is 1.58. The Hall–Kier alpha value is -4.86. The van der Waals surface area contributed by atoms with E-state index in [4.69, 9.17) is 63.0 Å². The Morgan fingerprint density at radius 1 is 1.07 bits per heavy atom. The van der Waals surface area contributed by atoms with Crippen LogP contribution in [0.3, 0.4) is 0 Å². The van der Waals surface area contributed by atoms with Crippen molar-refractivity contribution in [3.05, 3.63) is 92.2 Å². The average molecular weight is 894 g/mol. The smallest absolute Gasteiger partial charge is 0.412 e. The second-order valence-corrected chi connectivity index (χ2v) is 17.5. The monoisotopic (exact) mass is 892 g/mol. The van der Waals surface area contributed by atoms with E-state index in [2.05, 4.69) is 16.0 Å².